The maximum Gasteiger partial charge on any atom is 0.256 e. The predicted molar refractivity (Wildman–Crippen MR) is 73.5 cm³/mol. The Morgan fingerprint density at radius 2 is 1.84 bits per heavy atom. The van der Waals surface area contributed by atoms with Crippen molar-refractivity contribution in [1.82, 2.24) is 5.32 Å². The lowest BCUT2D eigenvalue weighted by Gasteiger charge is -2.34. The van der Waals surface area contributed by atoms with Gasteiger partial charge in [-0.15, -0.1) is 0 Å². The van der Waals surface area contributed by atoms with Gasteiger partial charge in [0.1, 0.15) is 11.4 Å². The number of benzene rings is 1. The highest BCUT2D eigenvalue weighted by molar-refractivity contribution is 5.97. The van der Waals surface area contributed by atoms with Crippen LogP contribution in [0.15, 0.2) is 24.3 Å². The molecule has 1 aliphatic rings. The molecular formula is C14H20N2O3. The van der Waals surface area contributed by atoms with Crippen molar-refractivity contribution < 1.29 is 14.3 Å². The van der Waals surface area contributed by atoms with Crippen LogP contribution in [0.4, 0.5) is 5.69 Å². The molecule has 1 saturated heterocycles. The summed E-state index contributed by atoms with van der Waals surface area (Å²) in [6.45, 7) is 1.59. The van der Waals surface area contributed by atoms with E-state index in [1.807, 2.05) is 24.3 Å². The number of carbonyl (C=O) groups excluding carboxylic acids is 1. The minimum Gasteiger partial charge on any atom is -0.497 e. The number of rotatable bonds is 4. The number of carbonyl (C=O) groups is 1. The first kappa shape index (κ1) is 13.8. The van der Waals surface area contributed by atoms with Crippen molar-refractivity contribution in [3.63, 3.8) is 0 Å². The van der Waals surface area contributed by atoms with Crippen molar-refractivity contribution in [2.75, 3.05) is 32.6 Å². The van der Waals surface area contributed by atoms with E-state index in [0.717, 1.165) is 24.5 Å². The molecule has 1 heterocycles. The van der Waals surface area contributed by atoms with Crippen molar-refractivity contribution >= 4 is 11.6 Å². The largest absolute Gasteiger partial charge is 0.497 e. The highest BCUT2D eigenvalue weighted by Gasteiger charge is 2.39. The number of ether oxygens (including phenoxy) is 2. The van der Waals surface area contributed by atoms with Gasteiger partial charge in [0, 0.05) is 12.8 Å². The normalized spacial score (nSPS) is 17.8. The molecule has 2 N–H and O–H groups in total. The van der Waals surface area contributed by atoms with E-state index in [4.69, 9.17) is 9.47 Å². The van der Waals surface area contributed by atoms with E-state index >= 15 is 0 Å². The third-order valence-electron chi connectivity index (χ3n) is 3.56. The Morgan fingerprint density at radius 1 is 1.21 bits per heavy atom. The van der Waals surface area contributed by atoms with Gasteiger partial charge in [-0.3, -0.25) is 4.79 Å². The lowest BCUT2D eigenvalue weighted by molar-refractivity contribution is -0.140. The average Bonchev–Trinajstić information content (AvgIpc) is 2.48. The molecule has 0 spiro atoms. The zero-order valence-electron chi connectivity index (χ0n) is 11.4. The van der Waals surface area contributed by atoms with Crippen LogP contribution in [0.3, 0.4) is 0 Å². The first-order valence-electron chi connectivity index (χ1n) is 6.41. The van der Waals surface area contributed by atoms with Gasteiger partial charge in [-0.25, -0.2) is 0 Å². The van der Waals surface area contributed by atoms with Crippen LogP contribution in [-0.2, 0) is 9.53 Å². The standard InChI is InChI=1S/C14H20N2O3/c1-18-12-5-3-11(4-6-12)16-13(17)14(19-2)7-9-15-10-8-14/h3-6,15H,7-10H2,1-2H3,(H,16,17). The SMILES string of the molecule is COc1ccc(NC(=O)C2(OC)CCNCC2)cc1. The molecule has 1 fully saturated rings. The topological polar surface area (TPSA) is 59.6 Å². The highest BCUT2D eigenvalue weighted by atomic mass is 16.5. The number of hydrogen-bond donors (Lipinski definition) is 2. The zero-order chi connectivity index (χ0) is 13.7. The molecule has 1 amide bonds. The second-order valence-corrected chi connectivity index (χ2v) is 4.63. The summed E-state index contributed by atoms with van der Waals surface area (Å²) in [4.78, 5) is 12.4. The quantitative estimate of drug-likeness (QED) is 0.863. The van der Waals surface area contributed by atoms with Crippen LogP contribution in [0.2, 0.25) is 0 Å². The van der Waals surface area contributed by atoms with E-state index in [0.29, 0.717) is 12.8 Å². The summed E-state index contributed by atoms with van der Waals surface area (Å²) in [7, 11) is 3.21. The first-order chi connectivity index (χ1) is 9.20. The second kappa shape index (κ2) is 6.04. The molecule has 0 aromatic heterocycles. The Morgan fingerprint density at radius 3 is 2.37 bits per heavy atom. The zero-order valence-corrected chi connectivity index (χ0v) is 11.4. The van der Waals surface area contributed by atoms with Crippen molar-refractivity contribution in [3.05, 3.63) is 24.3 Å². The fourth-order valence-corrected chi connectivity index (χ4v) is 2.27. The lowest BCUT2D eigenvalue weighted by Crippen LogP contribution is -2.51. The molecule has 2 rings (SSSR count). The number of piperidine rings is 1. The van der Waals surface area contributed by atoms with E-state index in [1.54, 1.807) is 14.2 Å². The number of methoxy groups -OCH3 is 2. The first-order valence-corrected chi connectivity index (χ1v) is 6.41. The summed E-state index contributed by atoms with van der Waals surface area (Å²) < 4.78 is 10.6. The molecule has 1 aromatic rings. The highest BCUT2D eigenvalue weighted by Crippen LogP contribution is 2.25. The van der Waals surface area contributed by atoms with Crippen LogP contribution in [-0.4, -0.2) is 38.8 Å². The molecule has 5 nitrogen and oxygen atoms in total. The summed E-state index contributed by atoms with van der Waals surface area (Å²) in [5, 5.41) is 6.14. The van der Waals surface area contributed by atoms with Crippen LogP contribution in [0.1, 0.15) is 12.8 Å². The van der Waals surface area contributed by atoms with E-state index in [2.05, 4.69) is 10.6 Å². The fraction of sp³-hybridized carbons (Fsp3) is 0.500. The van der Waals surface area contributed by atoms with Gasteiger partial charge in [0.15, 0.2) is 0 Å². The second-order valence-electron chi connectivity index (χ2n) is 4.63. The summed E-state index contributed by atoms with van der Waals surface area (Å²) in [6.07, 6.45) is 1.37. The van der Waals surface area contributed by atoms with Gasteiger partial charge in [0.2, 0.25) is 0 Å². The van der Waals surface area contributed by atoms with Gasteiger partial charge >= 0.3 is 0 Å². The number of nitrogens with one attached hydrogen (secondary N) is 2. The Kier molecular flexibility index (Phi) is 4.39. The molecule has 1 aromatic carbocycles. The molecule has 5 heteroatoms. The molecule has 0 aliphatic carbocycles. The maximum atomic E-state index is 12.4. The molecule has 0 unspecified atom stereocenters. The van der Waals surface area contributed by atoms with E-state index < -0.39 is 5.60 Å². The number of anilines is 1. The molecule has 1 aliphatic heterocycles. The van der Waals surface area contributed by atoms with Gasteiger partial charge in [-0.2, -0.15) is 0 Å². The van der Waals surface area contributed by atoms with Crippen LogP contribution >= 0.6 is 0 Å². The molecule has 0 bridgehead atoms. The van der Waals surface area contributed by atoms with Gasteiger partial charge in [-0.1, -0.05) is 0 Å². The van der Waals surface area contributed by atoms with Crippen molar-refractivity contribution in [2.24, 2.45) is 0 Å². The Hall–Kier alpha value is -1.59. The molecule has 0 radical (unpaired) electrons. The van der Waals surface area contributed by atoms with E-state index in [1.165, 1.54) is 0 Å². The number of hydrogen-bond acceptors (Lipinski definition) is 4. The fourth-order valence-electron chi connectivity index (χ4n) is 2.27. The number of amides is 1. The Labute approximate surface area is 113 Å². The Balaban J connectivity index is 2.05. The molecule has 0 atom stereocenters. The molecule has 19 heavy (non-hydrogen) atoms. The smallest absolute Gasteiger partial charge is 0.256 e. The minimum absolute atomic E-state index is 0.0818. The van der Waals surface area contributed by atoms with Crippen molar-refractivity contribution in [1.29, 1.82) is 0 Å². The van der Waals surface area contributed by atoms with Gasteiger partial charge in [0.25, 0.3) is 5.91 Å². The Bertz CT molecular complexity index is 425. The molecular weight excluding hydrogens is 244 g/mol. The van der Waals surface area contributed by atoms with Crippen LogP contribution in [0.25, 0.3) is 0 Å². The lowest BCUT2D eigenvalue weighted by atomic mass is 9.91. The summed E-state index contributed by atoms with van der Waals surface area (Å²) in [5.74, 6) is 0.683. The third kappa shape index (κ3) is 3.05. The van der Waals surface area contributed by atoms with Crippen LogP contribution in [0, 0.1) is 0 Å². The van der Waals surface area contributed by atoms with Crippen LogP contribution in [0.5, 0.6) is 5.75 Å². The monoisotopic (exact) mass is 264 g/mol. The van der Waals surface area contributed by atoms with Crippen molar-refractivity contribution in [3.8, 4) is 5.75 Å². The minimum atomic E-state index is -0.717. The maximum absolute atomic E-state index is 12.4. The summed E-state index contributed by atoms with van der Waals surface area (Å²) in [6, 6.07) is 7.28. The molecule has 104 valence electrons. The molecule has 0 saturated carbocycles. The van der Waals surface area contributed by atoms with Gasteiger partial charge in [0.05, 0.1) is 7.11 Å². The summed E-state index contributed by atoms with van der Waals surface area (Å²) >= 11 is 0. The average molecular weight is 264 g/mol. The van der Waals surface area contributed by atoms with Crippen molar-refractivity contribution in [2.45, 2.75) is 18.4 Å². The van der Waals surface area contributed by atoms with E-state index in [-0.39, 0.29) is 5.91 Å². The van der Waals surface area contributed by atoms with E-state index in [9.17, 15) is 4.79 Å². The van der Waals surface area contributed by atoms with Gasteiger partial charge in [-0.05, 0) is 50.2 Å². The van der Waals surface area contributed by atoms with Crippen LogP contribution < -0.4 is 15.4 Å². The third-order valence-corrected chi connectivity index (χ3v) is 3.56. The van der Waals surface area contributed by atoms with Gasteiger partial charge < -0.3 is 20.1 Å². The summed E-state index contributed by atoms with van der Waals surface area (Å²) in [5.41, 5.74) is 0.0336. The predicted octanol–water partition coefficient (Wildman–Crippen LogP) is 1.40.